The molecule has 0 heterocycles. The van der Waals surface area contributed by atoms with Crippen LogP contribution in [0.1, 0.15) is 73.6 Å². The number of ether oxygens (including phenoxy) is 10. The first kappa shape index (κ1) is 67.9. The summed E-state index contributed by atoms with van der Waals surface area (Å²) in [4.78, 5) is 88.4. The number of carbonyl (C=O) groups excluding carboxylic acids is 7. The van der Waals surface area contributed by atoms with E-state index in [1.807, 2.05) is 20.8 Å². The van der Waals surface area contributed by atoms with Crippen molar-refractivity contribution in [2.45, 2.75) is 130 Å². The van der Waals surface area contributed by atoms with Crippen LogP contribution in [-0.2, 0) is 75.5 Å². The van der Waals surface area contributed by atoms with Crippen molar-refractivity contribution in [1.29, 1.82) is 0 Å². The van der Waals surface area contributed by atoms with E-state index in [9.17, 15) is 33.6 Å². The molecule has 22 heteroatoms. The minimum Gasteiger partial charge on any atom is -0.462 e. The van der Waals surface area contributed by atoms with Gasteiger partial charge in [0, 0.05) is 61.8 Å². The van der Waals surface area contributed by atoms with E-state index >= 15 is 0 Å². The molecule has 0 aromatic rings. The highest BCUT2D eigenvalue weighted by Gasteiger charge is 2.45. The van der Waals surface area contributed by atoms with Gasteiger partial charge in [-0.3, -0.25) is 0 Å². The molecule has 2 amide bonds. The van der Waals surface area contributed by atoms with Crippen LogP contribution in [0.25, 0.3) is 0 Å². The fourth-order valence-electron chi connectivity index (χ4n) is 8.62. The third kappa shape index (κ3) is 29.7. The minimum absolute atomic E-state index is 0.208. The molecule has 2 N–H and O–H groups in total. The van der Waals surface area contributed by atoms with Crippen molar-refractivity contribution in [3.63, 3.8) is 0 Å². The maximum absolute atomic E-state index is 13.7. The average molecular weight is 1100 g/mol. The number of rotatable bonds is 38. The van der Waals surface area contributed by atoms with E-state index in [2.05, 4.69) is 83.6 Å². The molecule has 1 aliphatic carbocycles. The van der Waals surface area contributed by atoms with Gasteiger partial charge >= 0.3 is 42.0 Å². The van der Waals surface area contributed by atoms with Crippen molar-refractivity contribution >= 4 is 58.7 Å². The van der Waals surface area contributed by atoms with Crippen LogP contribution in [0, 0.1) is 22.2 Å². The van der Waals surface area contributed by atoms with Crippen LogP contribution >= 0.6 is 0 Å². The van der Waals surface area contributed by atoms with E-state index in [4.69, 9.17) is 51.5 Å². The highest BCUT2D eigenvalue weighted by Crippen LogP contribution is 2.41. The smallest absolute Gasteiger partial charge is 0.407 e. The lowest BCUT2D eigenvalue weighted by Gasteiger charge is -2.46. The molecule has 3 unspecified atom stereocenters. The van der Waals surface area contributed by atoms with Gasteiger partial charge in [-0.1, -0.05) is 60.6 Å². The van der Waals surface area contributed by atoms with E-state index in [0.29, 0.717) is 31.8 Å². The Hall–Kier alpha value is -5.14. The molecule has 1 aliphatic rings. The molecule has 0 saturated heterocycles. The number of alkyl carbamates (subject to hydrolysis) is 2. The molecule has 75 heavy (non-hydrogen) atoms. The molecule has 1 rings (SSSR count). The van der Waals surface area contributed by atoms with Gasteiger partial charge in [0.2, 0.25) is 0 Å². The molecule has 0 bridgehead atoms. The zero-order chi connectivity index (χ0) is 56.9. The predicted octanol–water partition coefficient (Wildman–Crippen LogP) is 7.70. The van der Waals surface area contributed by atoms with Crippen LogP contribution in [0.3, 0.4) is 0 Å². The molecule has 1 saturated carbocycles. The predicted molar refractivity (Wildman–Crippen MR) is 286 cm³/mol. The highest BCUT2D eigenvalue weighted by molar-refractivity contribution is 6.84. The van der Waals surface area contributed by atoms with E-state index in [-0.39, 0.29) is 12.0 Å². The van der Waals surface area contributed by atoms with Crippen molar-refractivity contribution < 1.29 is 85.0 Å². The normalized spacial score (nSPS) is 17.0. The second kappa shape index (κ2) is 33.1. The first-order chi connectivity index (χ1) is 35.0. The molecule has 1 fully saturated rings. The Kier molecular flexibility index (Phi) is 30.0. The Bertz CT molecular complexity index is 1840. The van der Waals surface area contributed by atoms with Crippen LogP contribution < -0.4 is 10.6 Å². The molecule has 0 spiro atoms. The fraction of sp³-hybridized carbons (Fsp3) is 0.679. The second-order valence-electron chi connectivity index (χ2n) is 22.0. The van der Waals surface area contributed by atoms with Crippen LogP contribution in [0.5, 0.6) is 0 Å². The molecule has 426 valence electrons. The number of hydrogen-bond donors (Lipinski definition) is 2. The molecule has 0 aliphatic heterocycles. The summed E-state index contributed by atoms with van der Waals surface area (Å²) in [6.07, 6.45) is 5.57. The van der Waals surface area contributed by atoms with Crippen molar-refractivity contribution in [2.24, 2.45) is 22.2 Å². The van der Waals surface area contributed by atoms with Gasteiger partial charge in [-0.05, 0) is 95.6 Å². The van der Waals surface area contributed by atoms with Gasteiger partial charge in [0.25, 0.3) is 0 Å². The Morgan fingerprint density at radius 1 is 0.560 bits per heavy atom. The fourth-order valence-corrected chi connectivity index (χ4v) is 17.4. The SMILES string of the molecule is C=CC(=O)OCC(COCC(COC(=O)C=C)(COC(=O)C=C)COC(=O)NC1CC(C)(C)CC(C)(NC(=O)OC(C)COCCC[Si](C)(C)O[Si](C)(C)CCCOCC(C)C)C1)(COC(=O)C=C)COC(=O)C=C. The molecule has 3 atom stereocenters. The lowest BCUT2D eigenvalue weighted by atomic mass is 9.67. The summed E-state index contributed by atoms with van der Waals surface area (Å²) in [7, 11) is -3.76. The maximum atomic E-state index is 13.7. The summed E-state index contributed by atoms with van der Waals surface area (Å²) < 4.78 is 62.7. The van der Waals surface area contributed by atoms with Gasteiger partial charge in [0.1, 0.15) is 45.7 Å². The van der Waals surface area contributed by atoms with Crippen LogP contribution in [-0.4, -0.2) is 156 Å². The lowest BCUT2D eigenvalue weighted by Crippen LogP contribution is -2.58. The molecule has 0 aromatic carbocycles. The van der Waals surface area contributed by atoms with Gasteiger partial charge in [-0.25, -0.2) is 33.6 Å². The Labute approximate surface area is 447 Å². The number of carbonyl (C=O) groups is 7. The van der Waals surface area contributed by atoms with Gasteiger partial charge in [0.15, 0.2) is 16.6 Å². The molecule has 20 nitrogen and oxygen atoms in total. The van der Waals surface area contributed by atoms with Gasteiger partial charge in [0.05, 0.1) is 30.7 Å². The summed E-state index contributed by atoms with van der Waals surface area (Å²) >= 11 is 0. The summed E-state index contributed by atoms with van der Waals surface area (Å²) in [6.45, 7) is 35.9. The number of hydrogen-bond acceptors (Lipinski definition) is 18. The quantitative estimate of drug-likeness (QED) is 0.0198. The molecule has 0 aromatic heterocycles. The van der Waals surface area contributed by atoms with Crippen molar-refractivity contribution in [3.05, 3.63) is 63.3 Å². The Morgan fingerprint density at radius 2 is 0.947 bits per heavy atom. The van der Waals surface area contributed by atoms with Crippen molar-refractivity contribution in [2.75, 3.05) is 79.3 Å². The summed E-state index contributed by atoms with van der Waals surface area (Å²) in [5, 5.41) is 5.90. The zero-order valence-electron chi connectivity index (χ0n) is 46.4. The van der Waals surface area contributed by atoms with Crippen LogP contribution in [0.15, 0.2) is 63.3 Å². The van der Waals surface area contributed by atoms with E-state index in [1.54, 1.807) is 6.92 Å². The minimum atomic E-state index is -1.92. The first-order valence-electron chi connectivity index (χ1n) is 25.3. The third-order valence-corrected chi connectivity index (χ3v) is 19.2. The highest BCUT2D eigenvalue weighted by atomic mass is 28.4. The van der Waals surface area contributed by atoms with Gasteiger partial charge in [-0.2, -0.15) is 0 Å². The summed E-state index contributed by atoms with van der Waals surface area (Å²) in [6, 6.07) is 1.48. The molecule has 0 radical (unpaired) electrons. The zero-order valence-corrected chi connectivity index (χ0v) is 48.4. The van der Waals surface area contributed by atoms with Gasteiger partial charge in [-0.15, -0.1) is 0 Å². The second-order valence-corrected chi connectivity index (χ2v) is 30.8. The van der Waals surface area contributed by atoms with E-state index < -0.39 is 140 Å². The topological polar surface area (TPSA) is 245 Å². The molecular formula is C53H88N2O18Si2. The monoisotopic (exact) mass is 1100 g/mol. The standard InChI is InChI=1S/C53H88N2O18Si2/c1-16-43(56)66-34-52(35-67-44(57)17-2,36-68-45(58)18-3)32-65-33-53(37-69-46(59)19-4,38-70-47(60)20-5)39-71-48(61)54-42-27-50(9,10)31-51(11,28-42)55-49(62)72-41(8)30-64-24-22-26-75(14,15)73-74(12,13)25-21-23-63-29-40(6)7/h16-20,40-42H,1-5,21-39H2,6-15H3,(H,54,61)(H,55,62). The van der Waals surface area contributed by atoms with E-state index in [0.717, 1.165) is 68.5 Å². The first-order valence-corrected chi connectivity index (χ1v) is 31.5. The summed E-state index contributed by atoms with van der Waals surface area (Å²) in [5.74, 6) is -3.79. The number of nitrogens with one attached hydrogen (secondary N) is 2. The van der Waals surface area contributed by atoms with Crippen LogP contribution in [0.4, 0.5) is 9.59 Å². The van der Waals surface area contributed by atoms with Gasteiger partial charge < -0.3 is 62.1 Å². The Balaban J connectivity index is 3.11. The lowest BCUT2D eigenvalue weighted by molar-refractivity contribution is -0.166. The molecular weight excluding hydrogens is 1010 g/mol. The van der Waals surface area contributed by atoms with E-state index in [1.165, 1.54) is 0 Å². The third-order valence-electron chi connectivity index (χ3n) is 11.7. The summed E-state index contributed by atoms with van der Waals surface area (Å²) in [5.41, 5.74) is -4.41. The average Bonchev–Trinajstić information content (AvgIpc) is 3.32. The van der Waals surface area contributed by atoms with Crippen molar-refractivity contribution in [3.8, 4) is 0 Å². The number of esters is 5. The number of amides is 2. The Morgan fingerprint density at radius 3 is 1.33 bits per heavy atom. The maximum Gasteiger partial charge on any atom is 0.407 e. The van der Waals surface area contributed by atoms with Crippen LogP contribution in [0.2, 0.25) is 38.3 Å². The largest absolute Gasteiger partial charge is 0.462 e. The van der Waals surface area contributed by atoms with Crippen molar-refractivity contribution in [1.82, 2.24) is 10.6 Å².